The fraction of sp³-hybridized carbons (Fsp3) is 0.333. The molecule has 0 aliphatic rings. The molecule has 0 bridgehead atoms. The van der Waals surface area contributed by atoms with Crippen molar-refractivity contribution in [1.82, 2.24) is 5.32 Å². The molecular formula is C15H18FNOS. The first kappa shape index (κ1) is 14.2. The van der Waals surface area contributed by atoms with Gasteiger partial charge in [0.15, 0.2) is 0 Å². The van der Waals surface area contributed by atoms with Crippen LogP contribution in [0.2, 0.25) is 0 Å². The van der Waals surface area contributed by atoms with E-state index >= 15 is 0 Å². The lowest BCUT2D eigenvalue weighted by Gasteiger charge is -2.17. The van der Waals surface area contributed by atoms with Crippen LogP contribution < -0.4 is 5.32 Å². The Morgan fingerprint density at radius 1 is 1.32 bits per heavy atom. The zero-order chi connectivity index (χ0) is 13.7. The highest BCUT2D eigenvalue weighted by molar-refractivity contribution is 7.09. The van der Waals surface area contributed by atoms with E-state index in [0.717, 1.165) is 6.42 Å². The third kappa shape index (κ3) is 4.42. The van der Waals surface area contributed by atoms with Gasteiger partial charge in [-0.3, -0.25) is 0 Å². The summed E-state index contributed by atoms with van der Waals surface area (Å²) in [5.41, 5.74) is 0.607. The van der Waals surface area contributed by atoms with Gasteiger partial charge in [-0.25, -0.2) is 4.39 Å². The van der Waals surface area contributed by atoms with Crippen molar-refractivity contribution in [3.8, 4) is 0 Å². The molecule has 1 aromatic heterocycles. The Bertz CT molecular complexity index is 501. The van der Waals surface area contributed by atoms with E-state index < -0.39 is 6.10 Å². The predicted molar refractivity (Wildman–Crippen MR) is 76.8 cm³/mol. The molecule has 0 saturated carbocycles. The van der Waals surface area contributed by atoms with E-state index in [1.165, 1.54) is 17.0 Å². The van der Waals surface area contributed by atoms with Crippen LogP contribution in [0.25, 0.3) is 0 Å². The van der Waals surface area contributed by atoms with Crippen LogP contribution in [0.4, 0.5) is 4.39 Å². The molecule has 102 valence electrons. The van der Waals surface area contributed by atoms with Crippen molar-refractivity contribution < 1.29 is 9.50 Å². The minimum atomic E-state index is -0.679. The summed E-state index contributed by atoms with van der Waals surface area (Å²) in [6.45, 7) is 2.51. The number of benzene rings is 1. The van der Waals surface area contributed by atoms with Gasteiger partial charge < -0.3 is 10.4 Å². The molecule has 0 amide bonds. The lowest BCUT2D eigenvalue weighted by molar-refractivity contribution is 0.170. The SMILES string of the molecule is CC(Cc1cccs1)NCC(O)c1cccc(F)c1. The Morgan fingerprint density at radius 3 is 2.84 bits per heavy atom. The monoisotopic (exact) mass is 279 g/mol. The van der Waals surface area contributed by atoms with Crippen LogP contribution in [0.3, 0.4) is 0 Å². The van der Waals surface area contributed by atoms with Crippen molar-refractivity contribution in [3.05, 3.63) is 58.0 Å². The summed E-state index contributed by atoms with van der Waals surface area (Å²) in [4.78, 5) is 1.32. The van der Waals surface area contributed by atoms with Crippen LogP contribution >= 0.6 is 11.3 Å². The maximum atomic E-state index is 13.0. The fourth-order valence-electron chi connectivity index (χ4n) is 1.95. The molecule has 0 spiro atoms. The maximum absolute atomic E-state index is 13.0. The highest BCUT2D eigenvalue weighted by Gasteiger charge is 2.10. The molecule has 2 nitrogen and oxygen atoms in total. The molecule has 2 unspecified atom stereocenters. The average Bonchev–Trinajstić information content (AvgIpc) is 2.88. The van der Waals surface area contributed by atoms with Gasteiger partial charge in [0, 0.05) is 17.5 Å². The number of rotatable bonds is 6. The van der Waals surface area contributed by atoms with Gasteiger partial charge in [-0.05, 0) is 42.5 Å². The molecule has 0 radical (unpaired) electrons. The van der Waals surface area contributed by atoms with Crippen LogP contribution in [0.15, 0.2) is 41.8 Å². The van der Waals surface area contributed by atoms with Crippen molar-refractivity contribution in [1.29, 1.82) is 0 Å². The Balaban J connectivity index is 1.81. The molecule has 1 aromatic carbocycles. The lowest BCUT2D eigenvalue weighted by Crippen LogP contribution is -2.31. The number of hydrogen-bond donors (Lipinski definition) is 2. The Hall–Kier alpha value is -1.23. The topological polar surface area (TPSA) is 32.3 Å². The largest absolute Gasteiger partial charge is 0.387 e. The molecule has 2 aromatic rings. The Labute approximate surface area is 116 Å². The van der Waals surface area contributed by atoms with Crippen LogP contribution in [-0.2, 0) is 6.42 Å². The quantitative estimate of drug-likeness (QED) is 0.851. The summed E-state index contributed by atoms with van der Waals surface area (Å²) < 4.78 is 13.0. The minimum absolute atomic E-state index is 0.279. The summed E-state index contributed by atoms with van der Waals surface area (Å²) in [7, 11) is 0. The van der Waals surface area contributed by atoms with E-state index in [2.05, 4.69) is 23.7 Å². The molecule has 1 heterocycles. The number of halogens is 1. The van der Waals surface area contributed by atoms with Crippen LogP contribution in [0.5, 0.6) is 0 Å². The third-order valence-corrected chi connectivity index (χ3v) is 3.88. The average molecular weight is 279 g/mol. The van der Waals surface area contributed by atoms with Crippen LogP contribution in [0.1, 0.15) is 23.5 Å². The molecule has 0 fully saturated rings. The number of nitrogens with one attached hydrogen (secondary N) is 1. The molecule has 2 rings (SSSR count). The normalized spacial score (nSPS) is 14.3. The van der Waals surface area contributed by atoms with Crippen molar-refractivity contribution in [3.63, 3.8) is 0 Å². The van der Waals surface area contributed by atoms with Gasteiger partial charge in [-0.2, -0.15) is 0 Å². The van der Waals surface area contributed by atoms with Gasteiger partial charge in [0.1, 0.15) is 5.82 Å². The van der Waals surface area contributed by atoms with E-state index in [1.807, 2.05) is 6.07 Å². The summed E-state index contributed by atoms with van der Waals surface area (Å²) in [6.07, 6.45) is 0.259. The lowest BCUT2D eigenvalue weighted by atomic mass is 10.1. The summed E-state index contributed by atoms with van der Waals surface area (Å²) in [5, 5.41) is 15.3. The van der Waals surface area contributed by atoms with Crippen LogP contribution in [0, 0.1) is 5.82 Å². The number of aliphatic hydroxyl groups is 1. The Kier molecular flexibility index (Phi) is 5.07. The summed E-state index contributed by atoms with van der Waals surface area (Å²) in [6, 6.07) is 10.5. The fourth-order valence-corrected chi connectivity index (χ4v) is 2.78. The smallest absolute Gasteiger partial charge is 0.123 e. The highest BCUT2D eigenvalue weighted by atomic mass is 32.1. The van der Waals surface area contributed by atoms with Crippen LogP contribution in [-0.4, -0.2) is 17.7 Å². The van der Waals surface area contributed by atoms with E-state index in [0.29, 0.717) is 12.1 Å². The van der Waals surface area contributed by atoms with Gasteiger partial charge >= 0.3 is 0 Å². The van der Waals surface area contributed by atoms with Gasteiger partial charge in [-0.1, -0.05) is 18.2 Å². The third-order valence-electron chi connectivity index (χ3n) is 2.98. The molecule has 0 saturated heterocycles. The molecule has 4 heteroatoms. The van der Waals surface area contributed by atoms with E-state index in [-0.39, 0.29) is 11.9 Å². The molecule has 0 aliphatic heterocycles. The van der Waals surface area contributed by atoms with Gasteiger partial charge in [0.2, 0.25) is 0 Å². The zero-order valence-corrected chi connectivity index (χ0v) is 11.7. The molecular weight excluding hydrogens is 261 g/mol. The minimum Gasteiger partial charge on any atom is -0.387 e. The molecule has 19 heavy (non-hydrogen) atoms. The summed E-state index contributed by atoms with van der Waals surface area (Å²) in [5.74, 6) is -0.316. The van der Waals surface area contributed by atoms with Crippen molar-refractivity contribution in [2.24, 2.45) is 0 Å². The highest BCUT2D eigenvalue weighted by Crippen LogP contribution is 2.14. The van der Waals surface area contributed by atoms with Crippen molar-refractivity contribution in [2.75, 3.05) is 6.54 Å². The molecule has 2 atom stereocenters. The molecule has 2 N–H and O–H groups in total. The first-order chi connectivity index (χ1) is 9.15. The second kappa shape index (κ2) is 6.80. The van der Waals surface area contributed by atoms with Gasteiger partial charge in [0.05, 0.1) is 6.10 Å². The van der Waals surface area contributed by atoms with E-state index in [4.69, 9.17) is 0 Å². The summed E-state index contributed by atoms with van der Waals surface area (Å²) >= 11 is 1.73. The second-order valence-corrected chi connectivity index (χ2v) is 5.70. The number of thiophene rings is 1. The second-order valence-electron chi connectivity index (χ2n) is 4.66. The van der Waals surface area contributed by atoms with Crippen molar-refractivity contribution >= 4 is 11.3 Å². The standard InChI is InChI=1S/C15H18FNOS/c1-11(8-14-6-3-7-19-14)17-10-15(18)12-4-2-5-13(16)9-12/h2-7,9,11,15,17-18H,8,10H2,1H3. The zero-order valence-electron chi connectivity index (χ0n) is 10.8. The maximum Gasteiger partial charge on any atom is 0.123 e. The first-order valence-corrected chi connectivity index (χ1v) is 7.22. The molecule has 0 aliphatic carbocycles. The first-order valence-electron chi connectivity index (χ1n) is 6.34. The number of hydrogen-bond acceptors (Lipinski definition) is 3. The van der Waals surface area contributed by atoms with Gasteiger partial charge in [0.25, 0.3) is 0 Å². The predicted octanol–water partition coefficient (Wildman–Crippen LogP) is 3.14. The van der Waals surface area contributed by atoms with E-state index in [1.54, 1.807) is 23.5 Å². The Morgan fingerprint density at radius 2 is 2.16 bits per heavy atom. The number of aliphatic hydroxyl groups excluding tert-OH is 1. The van der Waals surface area contributed by atoms with Crippen molar-refractivity contribution in [2.45, 2.75) is 25.5 Å². The van der Waals surface area contributed by atoms with E-state index in [9.17, 15) is 9.50 Å². The van der Waals surface area contributed by atoms with Gasteiger partial charge in [-0.15, -0.1) is 11.3 Å².